The van der Waals surface area contributed by atoms with Gasteiger partial charge in [-0.3, -0.25) is 4.79 Å². The average Bonchev–Trinajstić information content (AvgIpc) is 3.00. The van der Waals surface area contributed by atoms with Crippen LogP contribution in [-0.4, -0.2) is 19.5 Å². The van der Waals surface area contributed by atoms with Gasteiger partial charge in [0.25, 0.3) is 5.91 Å². The second kappa shape index (κ2) is 8.10. The van der Waals surface area contributed by atoms with Crippen molar-refractivity contribution in [1.29, 1.82) is 0 Å². The summed E-state index contributed by atoms with van der Waals surface area (Å²) in [5.74, 6) is 0.0371. The maximum atomic E-state index is 12.5. The van der Waals surface area contributed by atoms with Crippen molar-refractivity contribution in [3.63, 3.8) is 0 Å². The van der Waals surface area contributed by atoms with Gasteiger partial charge < -0.3 is 10.2 Å². The van der Waals surface area contributed by atoms with Crippen LogP contribution in [0.4, 0.5) is 5.69 Å². The van der Waals surface area contributed by atoms with Crippen molar-refractivity contribution in [2.45, 2.75) is 13.5 Å². The SMILES string of the molecule is Cc1ccsc1C[NH+](C)CC(=O)Nc1ccccc1-c1ccccc1. The first-order valence-corrected chi connectivity index (χ1v) is 9.30. The van der Waals surface area contributed by atoms with E-state index >= 15 is 0 Å². The maximum absolute atomic E-state index is 12.5. The highest BCUT2D eigenvalue weighted by atomic mass is 32.1. The van der Waals surface area contributed by atoms with Crippen LogP contribution in [0.3, 0.4) is 0 Å². The van der Waals surface area contributed by atoms with Crippen LogP contribution in [0.1, 0.15) is 10.4 Å². The van der Waals surface area contributed by atoms with Crippen LogP contribution in [0.2, 0.25) is 0 Å². The summed E-state index contributed by atoms with van der Waals surface area (Å²) in [5.41, 5.74) is 4.31. The Kier molecular flexibility index (Phi) is 5.64. The van der Waals surface area contributed by atoms with E-state index < -0.39 is 0 Å². The average molecular weight is 351 g/mol. The molecule has 0 radical (unpaired) electrons. The number of thiophene rings is 1. The summed E-state index contributed by atoms with van der Waals surface area (Å²) in [6.45, 7) is 3.44. The first-order chi connectivity index (χ1) is 12.1. The molecular formula is C21H23N2OS+. The second-order valence-electron chi connectivity index (χ2n) is 6.30. The van der Waals surface area contributed by atoms with Gasteiger partial charge in [0.2, 0.25) is 0 Å². The third kappa shape index (κ3) is 4.56. The van der Waals surface area contributed by atoms with Gasteiger partial charge in [-0.2, -0.15) is 0 Å². The van der Waals surface area contributed by atoms with Crippen LogP contribution in [0.15, 0.2) is 66.0 Å². The Morgan fingerprint density at radius 3 is 2.48 bits per heavy atom. The number of hydrogen-bond acceptors (Lipinski definition) is 2. The molecule has 0 aliphatic rings. The zero-order valence-electron chi connectivity index (χ0n) is 14.6. The molecular weight excluding hydrogens is 328 g/mol. The maximum Gasteiger partial charge on any atom is 0.279 e. The van der Waals surface area contributed by atoms with E-state index in [1.807, 2.05) is 42.5 Å². The fraction of sp³-hybridized carbons (Fsp3) is 0.190. The highest BCUT2D eigenvalue weighted by Crippen LogP contribution is 2.27. The number of quaternary nitrogens is 1. The van der Waals surface area contributed by atoms with Crippen molar-refractivity contribution in [3.8, 4) is 11.1 Å². The zero-order valence-corrected chi connectivity index (χ0v) is 15.4. The molecule has 1 amide bonds. The Morgan fingerprint density at radius 1 is 1.04 bits per heavy atom. The number of para-hydroxylation sites is 1. The van der Waals surface area contributed by atoms with E-state index in [4.69, 9.17) is 0 Å². The normalized spacial score (nSPS) is 11.9. The summed E-state index contributed by atoms with van der Waals surface area (Å²) in [6.07, 6.45) is 0. The van der Waals surface area contributed by atoms with Gasteiger partial charge in [0.05, 0.1) is 11.9 Å². The zero-order chi connectivity index (χ0) is 17.6. The Labute approximate surface area is 152 Å². The van der Waals surface area contributed by atoms with Crippen LogP contribution in [0.25, 0.3) is 11.1 Å². The van der Waals surface area contributed by atoms with E-state index in [-0.39, 0.29) is 5.91 Å². The van der Waals surface area contributed by atoms with Crippen molar-refractivity contribution in [1.82, 2.24) is 0 Å². The van der Waals surface area contributed by atoms with Crippen molar-refractivity contribution in [2.24, 2.45) is 0 Å². The lowest BCUT2D eigenvalue weighted by atomic mass is 10.0. The van der Waals surface area contributed by atoms with E-state index in [1.165, 1.54) is 15.3 Å². The molecule has 3 nitrogen and oxygen atoms in total. The summed E-state index contributed by atoms with van der Waals surface area (Å²) in [7, 11) is 2.06. The van der Waals surface area contributed by atoms with Crippen molar-refractivity contribution < 1.29 is 9.69 Å². The molecule has 0 fully saturated rings. The van der Waals surface area contributed by atoms with Gasteiger partial charge in [-0.25, -0.2) is 0 Å². The highest BCUT2D eigenvalue weighted by molar-refractivity contribution is 7.10. The molecule has 0 spiro atoms. The third-order valence-electron chi connectivity index (χ3n) is 4.18. The predicted octanol–water partition coefficient (Wildman–Crippen LogP) is 3.38. The van der Waals surface area contributed by atoms with Gasteiger partial charge in [0.1, 0.15) is 6.54 Å². The molecule has 0 saturated heterocycles. The Bertz CT molecular complexity index is 842. The van der Waals surface area contributed by atoms with Crippen LogP contribution in [-0.2, 0) is 11.3 Å². The molecule has 1 atom stereocenters. The number of carbonyl (C=O) groups is 1. The smallest absolute Gasteiger partial charge is 0.279 e. The third-order valence-corrected chi connectivity index (χ3v) is 5.20. The molecule has 25 heavy (non-hydrogen) atoms. The number of nitrogens with one attached hydrogen (secondary N) is 2. The number of likely N-dealkylation sites (N-methyl/N-ethyl adjacent to an activating group) is 1. The molecule has 0 aliphatic carbocycles. The quantitative estimate of drug-likeness (QED) is 0.701. The molecule has 0 saturated carbocycles. The van der Waals surface area contributed by atoms with E-state index in [2.05, 4.69) is 42.9 Å². The van der Waals surface area contributed by atoms with Crippen LogP contribution in [0, 0.1) is 6.92 Å². The summed E-state index contributed by atoms with van der Waals surface area (Å²) < 4.78 is 0. The van der Waals surface area contributed by atoms with Gasteiger partial charge in [-0.05, 0) is 35.6 Å². The lowest BCUT2D eigenvalue weighted by molar-refractivity contribution is -0.884. The number of aryl methyl sites for hydroxylation is 1. The van der Waals surface area contributed by atoms with Crippen molar-refractivity contribution in [2.75, 3.05) is 18.9 Å². The number of benzene rings is 2. The van der Waals surface area contributed by atoms with Crippen LogP contribution < -0.4 is 10.2 Å². The number of amides is 1. The molecule has 3 rings (SSSR count). The minimum atomic E-state index is 0.0371. The Hall–Kier alpha value is -2.43. The van der Waals surface area contributed by atoms with Gasteiger partial charge in [0.15, 0.2) is 6.54 Å². The van der Waals surface area contributed by atoms with E-state index in [1.54, 1.807) is 11.3 Å². The molecule has 3 aromatic rings. The number of anilines is 1. The summed E-state index contributed by atoms with van der Waals surface area (Å²) in [5, 5.41) is 5.18. The lowest BCUT2D eigenvalue weighted by Gasteiger charge is -2.15. The first kappa shape index (κ1) is 17.4. The molecule has 1 aromatic heterocycles. The Morgan fingerprint density at radius 2 is 1.76 bits per heavy atom. The van der Waals surface area contributed by atoms with Crippen molar-refractivity contribution >= 4 is 22.9 Å². The molecule has 0 bridgehead atoms. The molecule has 2 aromatic carbocycles. The van der Waals surface area contributed by atoms with Gasteiger partial charge in [-0.1, -0.05) is 48.5 Å². The van der Waals surface area contributed by atoms with Gasteiger partial charge in [0, 0.05) is 11.3 Å². The molecule has 2 N–H and O–H groups in total. The van der Waals surface area contributed by atoms with Gasteiger partial charge in [-0.15, -0.1) is 11.3 Å². The van der Waals surface area contributed by atoms with E-state index in [0.717, 1.165) is 23.4 Å². The second-order valence-corrected chi connectivity index (χ2v) is 7.30. The fourth-order valence-electron chi connectivity index (χ4n) is 2.85. The monoisotopic (exact) mass is 351 g/mol. The van der Waals surface area contributed by atoms with Crippen LogP contribution >= 0.6 is 11.3 Å². The minimum absolute atomic E-state index is 0.0371. The predicted molar refractivity (Wildman–Crippen MR) is 105 cm³/mol. The first-order valence-electron chi connectivity index (χ1n) is 8.42. The number of carbonyl (C=O) groups excluding carboxylic acids is 1. The Balaban J connectivity index is 1.66. The molecule has 128 valence electrons. The fourth-order valence-corrected chi connectivity index (χ4v) is 3.87. The minimum Gasteiger partial charge on any atom is -0.325 e. The number of rotatable bonds is 6. The molecule has 4 heteroatoms. The highest BCUT2D eigenvalue weighted by Gasteiger charge is 2.14. The van der Waals surface area contributed by atoms with Gasteiger partial charge >= 0.3 is 0 Å². The lowest BCUT2D eigenvalue weighted by Crippen LogP contribution is -3.08. The summed E-state index contributed by atoms with van der Waals surface area (Å²) in [4.78, 5) is 15.0. The van der Waals surface area contributed by atoms with Crippen molar-refractivity contribution in [3.05, 3.63) is 76.5 Å². The molecule has 0 aliphatic heterocycles. The molecule has 1 heterocycles. The summed E-state index contributed by atoms with van der Waals surface area (Å²) in [6, 6.07) is 20.2. The standard InChI is InChI=1S/C21H22N2OS/c1-16-12-13-25-20(16)14-23(2)15-21(24)22-19-11-7-6-10-18(19)17-8-4-3-5-9-17/h3-13H,14-15H2,1-2H3,(H,22,24)/p+1. The van der Waals surface area contributed by atoms with Crippen LogP contribution in [0.5, 0.6) is 0 Å². The largest absolute Gasteiger partial charge is 0.325 e. The van der Waals surface area contributed by atoms with E-state index in [0.29, 0.717) is 6.54 Å². The van der Waals surface area contributed by atoms with E-state index in [9.17, 15) is 4.79 Å². The summed E-state index contributed by atoms with van der Waals surface area (Å²) >= 11 is 1.76. The topological polar surface area (TPSA) is 33.5 Å². The number of hydrogen-bond donors (Lipinski definition) is 2. The molecule has 1 unspecified atom stereocenters.